The number of ether oxygens (including phenoxy) is 2. The maximum absolute atomic E-state index is 11.2. The van der Waals surface area contributed by atoms with Gasteiger partial charge < -0.3 is 19.9 Å². The molecule has 0 heterocycles. The first-order chi connectivity index (χ1) is 17.5. The minimum absolute atomic E-state index is 0.0102. The molecule has 2 N–H and O–H groups in total. The summed E-state index contributed by atoms with van der Waals surface area (Å²) in [6.45, 7) is 3.28. The van der Waals surface area contributed by atoms with Crippen LogP contribution >= 0.6 is 0 Å². The summed E-state index contributed by atoms with van der Waals surface area (Å²) >= 11 is 0. The molecular weight excluding hydrogens is 454 g/mol. The molecule has 4 aromatic carbocycles. The van der Waals surface area contributed by atoms with Gasteiger partial charge in [-0.05, 0) is 76.2 Å². The number of nitrogens with one attached hydrogen (secondary N) is 1. The Kier molecular flexibility index (Phi) is 8.40. The van der Waals surface area contributed by atoms with Gasteiger partial charge in [0.15, 0.2) is 0 Å². The predicted octanol–water partition coefficient (Wildman–Crippen LogP) is 5.54. The highest BCUT2D eigenvalue weighted by Gasteiger charge is 2.07. The summed E-state index contributed by atoms with van der Waals surface area (Å²) in [6.07, 6.45) is 2.44. The second-order valence-electron chi connectivity index (χ2n) is 8.81. The fraction of sp³-hybridized carbons (Fsp3) is 0.267. The molecule has 4 aromatic rings. The highest BCUT2D eigenvalue weighted by Crippen LogP contribution is 2.26. The second kappa shape index (κ2) is 12.1. The molecule has 4 rings (SSSR count). The number of hydrogen-bond acceptors (Lipinski definition) is 4. The zero-order valence-corrected chi connectivity index (χ0v) is 20.5. The lowest BCUT2D eigenvalue weighted by Crippen LogP contribution is -2.22. The van der Waals surface area contributed by atoms with Gasteiger partial charge in [0.2, 0.25) is 5.91 Å². The maximum atomic E-state index is 11.2. The van der Waals surface area contributed by atoms with Crippen molar-refractivity contribution in [2.24, 2.45) is 0 Å². The van der Waals surface area contributed by atoms with Crippen molar-refractivity contribution >= 4 is 33.4 Å². The smallest absolute Gasteiger partial charge is 0.307 e. The van der Waals surface area contributed by atoms with Gasteiger partial charge in [0.25, 0.3) is 0 Å². The molecule has 0 fully saturated rings. The molecule has 0 aliphatic rings. The Morgan fingerprint density at radius 2 is 1.33 bits per heavy atom. The van der Waals surface area contributed by atoms with Crippen LogP contribution < -0.4 is 14.8 Å². The lowest BCUT2D eigenvalue weighted by Gasteiger charge is -2.11. The molecule has 36 heavy (non-hydrogen) atoms. The molecule has 0 aliphatic heterocycles. The quantitative estimate of drug-likeness (QED) is 0.258. The van der Waals surface area contributed by atoms with E-state index in [0.29, 0.717) is 19.8 Å². The van der Waals surface area contributed by atoms with E-state index >= 15 is 0 Å². The molecule has 0 saturated carbocycles. The normalized spacial score (nSPS) is 10.9. The summed E-state index contributed by atoms with van der Waals surface area (Å²) in [4.78, 5) is 22.3. The Morgan fingerprint density at radius 1 is 0.778 bits per heavy atom. The molecule has 1 amide bonds. The Morgan fingerprint density at radius 3 is 1.89 bits per heavy atom. The van der Waals surface area contributed by atoms with Crippen LogP contribution in [0, 0.1) is 0 Å². The number of benzene rings is 4. The van der Waals surface area contributed by atoms with Crippen LogP contribution in [0.3, 0.4) is 0 Å². The number of rotatable bonds is 12. The fourth-order valence-electron chi connectivity index (χ4n) is 4.31. The van der Waals surface area contributed by atoms with Crippen LogP contribution in [-0.2, 0) is 22.4 Å². The van der Waals surface area contributed by atoms with Gasteiger partial charge in [0.1, 0.15) is 11.5 Å². The van der Waals surface area contributed by atoms with Crippen molar-refractivity contribution in [3.05, 3.63) is 83.9 Å². The molecule has 6 heteroatoms. The lowest BCUT2D eigenvalue weighted by molar-refractivity contribution is -0.136. The highest BCUT2D eigenvalue weighted by atomic mass is 16.5. The second-order valence-corrected chi connectivity index (χ2v) is 8.81. The summed E-state index contributed by atoms with van der Waals surface area (Å²) < 4.78 is 11.9. The Hall–Kier alpha value is -4.06. The van der Waals surface area contributed by atoms with E-state index in [2.05, 4.69) is 29.6 Å². The van der Waals surface area contributed by atoms with Gasteiger partial charge in [-0.15, -0.1) is 0 Å². The molecule has 0 saturated heterocycles. The fourth-order valence-corrected chi connectivity index (χ4v) is 4.31. The van der Waals surface area contributed by atoms with E-state index in [-0.39, 0.29) is 12.3 Å². The summed E-state index contributed by atoms with van der Waals surface area (Å²) in [6, 6.07) is 23.8. The Labute approximate surface area is 210 Å². The number of amides is 1. The van der Waals surface area contributed by atoms with Crippen LogP contribution in [0.1, 0.15) is 30.9 Å². The molecule has 0 radical (unpaired) electrons. The molecule has 0 spiro atoms. The number of carbonyl (C=O) groups excluding carboxylic acids is 1. The largest absolute Gasteiger partial charge is 0.494 e. The van der Waals surface area contributed by atoms with Crippen molar-refractivity contribution in [2.75, 3.05) is 19.8 Å². The van der Waals surface area contributed by atoms with Crippen LogP contribution in [-0.4, -0.2) is 36.7 Å². The zero-order valence-electron chi connectivity index (χ0n) is 20.5. The average molecular weight is 486 g/mol. The summed E-state index contributed by atoms with van der Waals surface area (Å²) in [5, 5.41) is 16.2. The first kappa shape index (κ1) is 25.0. The topological polar surface area (TPSA) is 84.9 Å². The van der Waals surface area contributed by atoms with Crippen LogP contribution in [0.5, 0.6) is 11.5 Å². The van der Waals surface area contributed by atoms with Crippen molar-refractivity contribution in [3.63, 3.8) is 0 Å². The van der Waals surface area contributed by atoms with Gasteiger partial charge >= 0.3 is 5.97 Å². The number of fused-ring (bicyclic) bond motifs is 2. The number of carboxylic acids is 1. The highest BCUT2D eigenvalue weighted by molar-refractivity contribution is 5.90. The molecule has 0 aromatic heterocycles. The van der Waals surface area contributed by atoms with E-state index < -0.39 is 5.97 Å². The molecule has 186 valence electrons. The van der Waals surface area contributed by atoms with Crippen LogP contribution in [0.2, 0.25) is 0 Å². The van der Waals surface area contributed by atoms with E-state index in [1.54, 1.807) is 0 Å². The lowest BCUT2D eigenvalue weighted by atomic mass is 10.0. The van der Waals surface area contributed by atoms with Crippen molar-refractivity contribution in [1.82, 2.24) is 5.32 Å². The zero-order chi connectivity index (χ0) is 25.3. The van der Waals surface area contributed by atoms with Gasteiger partial charge in [-0.3, -0.25) is 9.59 Å². The third kappa shape index (κ3) is 6.75. The van der Waals surface area contributed by atoms with E-state index in [1.807, 2.05) is 48.5 Å². The summed E-state index contributed by atoms with van der Waals surface area (Å²) in [5.41, 5.74) is 1.97. The Bertz CT molecular complexity index is 1360. The first-order valence-corrected chi connectivity index (χ1v) is 12.2. The van der Waals surface area contributed by atoms with E-state index in [9.17, 15) is 9.59 Å². The van der Waals surface area contributed by atoms with E-state index in [1.165, 1.54) is 12.5 Å². The van der Waals surface area contributed by atoms with Gasteiger partial charge in [0, 0.05) is 13.5 Å². The van der Waals surface area contributed by atoms with Crippen molar-refractivity contribution in [1.29, 1.82) is 0 Å². The van der Waals surface area contributed by atoms with Gasteiger partial charge in [-0.25, -0.2) is 0 Å². The number of aliphatic carboxylic acids is 1. The monoisotopic (exact) mass is 485 g/mol. The van der Waals surface area contributed by atoms with Crippen molar-refractivity contribution < 1.29 is 24.2 Å². The molecule has 0 atom stereocenters. The van der Waals surface area contributed by atoms with Crippen molar-refractivity contribution in [2.45, 2.75) is 32.6 Å². The predicted molar refractivity (Wildman–Crippen MR) is 142 cm³/mol. The minimum atomic E-state index is -0.846. The number of hydrogen-bond donors (Lipinski definition) is 2. The van der Waals surface area contributed by atoms with Gasteiger partial charge in [-0.1, -0.05) is 48.5 Å². The first-order valence-electron chi connectivity index (χ1n) is 12.2. The van der Waals surface area contributed by atoms with E-state index in [4.69, 9.17) is 14.6 Å². The summed E-state index contributed by atoms with van der Waals surface area (Å²) in [7, 11) is 0. The van der Waals surface area contributed by atoms with Gasteiger partial charge in [-0.2, -0.15) is 0 Å². The molecular formula is C30H31NO5. The SMILES string of the molecule is CC(=O)NCCc1cccc2ccc(OCCCCOc3ccc4cccc(CC(=O)O)c4c3)cc12. The molecule has 0 unspecified atom stereocenters. The van der Waals surface area contributed by atoms with Crippen LogP contribution in [0.25, 0.3) is 21.5 Å². The number of unbranched alkanes of at least 4 members (excludes halogenated alkanes) is 1. The molecule has 0 bridgehead atoms. The summed E-state index contributed by atoms with van der Waals surface area (Å²) in [5.74, 6) is 0.701. The van der Waals surface area contributed by atoms with Crippen LogP contribution in [0.4, 0.5) is 0 Å². The average Bonchev–Trinajstić information content (AvgIpc) is 2.86. The minimum Gasteiger partial charge on any atom is -0.494 e. The standard InChI is InChI=1S/C30H31NO5/c1-21(32)31-15-14-24-8-4-6-22-10-12-26(19-28(22)24)35-16-2-3-17-36-27-13-11-23-7-5-9-25(18-30(33)34)29(23)20-27/h4-13,19-20H,2-3,14-18H2,1H3,(H,31,32)(H,33,34). The Balaban J connectivity index is 1.27. The molecule has 0 aliphatic carbocycles. The van der Waals surface area contributed by atoms with Gasteiger partial charge in [0.05, 0.1) is 19.6 Å². The third-order valence-corrected chi connectivity index (χ3v) is 6.07. The molecule has 6 nitrogen and oxygen atoms in total. The van der Waals surface area contributed by atoms with Crippen LogP contribution in [0.15, 0.2) is 72.8 Å². The maximum Gasteiger partial charge on any atom is 0.307 e. The third-order valence-electron chi connectivity index (χ3n) is 6.07. The van der Waals surface area contributed by atoms with Crippen molar-refractivity contribution in [3.8, 4) is 11.5 Å². The number of carboxylic acid groups (broad SMARTS) is 1. The number of carbonyl (C=O) groups is 2. The van der Waals surface area contributed by atoms with E-state index in [0.717, 1.165) is 57.9 Å².